The molecule has 2 aromatic carbocycles. The molecule has 0 spiro atoms. The maximum atomic E-state index is 15.0. The molecule has 2 saturated carbocycles. The van der Waals surface area contributed by atoms with Crippen LogP contribution in [0.2, 0.25) is 0 Å². The fraction of sp³-hybridized carbons (Fsp3) is 0.737. The number of phenolic OH excluding ortho intramolecular Hbond substituents is 1. The summed E-state index contributed by atoms with van der Waals surface area (Å²) in [4.78, 5) is 124. The van der Waals surface area contributed by atoms with Crippen LogP contribution in [0.25, 0.3) is 0 Å². The highest BCUT2D eigenvalue weighted by Gasteiger charge is 2.59. The zero-order valence-electron chi connectivity index (χ0n) is 77.5. The second-order valence-electron chi connectivity index (χ2n) is 37.3. The summed E-state index contributed by atoms with van der Waals surface area (Å²) in [6.45, 7) is 21.0. The Kier molecular flexibility index (Phi) is 42.1. The van der Waals surface area contributed by atoms with Gasteiger partial charge in [-0.05, 0) is 191 Å². The summed E-state index contributed by atoms with van der Waals surface area (Å²) in [6, 6.07) is 8.18. The molecule has 0 aliphatic heterocycles. The molecule has 9 rings (SSSR count). The monoisotopic (exact) mass is 1780 g/mol. The first-order valence-corrected chi connectivity index (χ1v) is 46.9. The molecule has 2 unspecified atom stereocenters. The number of anilines is 1. The minimum atomic E-state index is -1.13. The summed E-state index contributed by atoms with van der Waals surface area (Å²) < 4.78 is 59.9. The Balaban J connectivity index is 0.713. The van der Waals surface area contributed by atoms with Gasteiger partial charge in [-0.3, -0.25) is 48.5 Å². The Labute approximate surface area is 752 Å². The number of nitrogens with one attached hydrogen (secondary N) is 8. The number of carbonyl (C=O) groups excluding carboxylic acids is 9. The molecule has 32 heteroatoms. The van der Waals surface area contributed by atoms with Gasteiger partial charge in [0.05, 0.1) is 163 Å². The number of quaternary nitrogens is 1. The highest BCUT2D eigenvalue weighted by molar-refractivity contribution is 6.01. The van der Waals surface area contributed by atoms with E-state index in [0.29, 0.717) is 162 Å². The molecule has 708 valence electrons. The smallest absolute Gasteiger partial charge is 0.246 e. The van der Waals surface area contributed by atoms with E-state index < -0.39 is 70.0 Å². The maximum Gasteiger partial charge on any atom is 0.246 e. The van der Waals surface area contributed by atoms with Gasteiger partial charge in [-0.1, -0.05) is 96.9 Å². The van der Waals surface area contributed by atoms with E-state index in [-0.39, 0.29) is 111 Å². The highest BCUT2D eigenvalue weighted by Crippen LogP contribution is 2.60. The molecule has 11 atom stereocenters. The Morgan fingerprint density at radius 3 is 1.69 bits per heavy atom. The molecule has 0 saturated heterocycles. The number of aryl methyl sites for hydroxylation is 2. The number of aromatic hydroxyl groups is 1. The Hall–Kier alpha value is -8.07. The SMILES string of the molecule is CC(C)[C@H](NC(=O)[C@@H](CCCCNC(=O)COC1CCCCCc2c1nnn2CCOCCOCCOCCOCCC(=O)NCC[N+](C)(C)C)NC(=O)CCOCCOCCOCCOCCNC(=O)COC1C#CCCCCC1)C(=O)N[C@@H](C)C(=O)Nc1ccc2c(c1)[C@@]1(C)CCC[C@](C)(C(=O)NC(=O)[C@@]3(C)CCC[C@]4(C)c5cc(O)ccc5CC[C@@H]34)[C@@H]1CC2. The van der Waals surface area contributed by atoms with Crippen LogP contribution < -0.4 is 42.5 Å². The first-order chi connectivity index (χ1) is 61.0. The lowest BCUT2D eigenvalue weighted by Gasteiger charge is -2.56. The first-order valence-electron chi connectivity index (χ1n) is 46.9. The predicted molar refractivity (Wildman–Crippen MR) is 478 cm³/mol. The van der Waals surface area contributed by atoms with Crippen LogP contribution in [0.15, 0.2) is 36.4 Å². The van der Waals surface area contributed by atoms with E-state index >= 15 is 0 Å². The molecule has 6 aliphatic carbocycles. The van der Waals surface area contributed by atoms with Crippen LogP contribution in [-0.2, 0) is 127 Å². The number of fused-ring (bicyclic) bond motifs is 7. The van der Waals surface area contributed by atoms with E-state index in [1.54, 1.807) is 26.8 Å². The molecule has 1 aromatic heterocycles. The number of aromatic nitrogens is 3. The van der Waals surface area contributed by atoms with Crippen molar-refractivity contribution in [3.63, 3.8) is 0 Å². The van der Waals surface area contributed by atoms with Gasteiger partial charge in [0, 0.05) is 38.0 Å². The van der Waals surface area contributed by atoms with Crippen molar-refractivity contribution in [1.29, 1.82) is 0 Å². The van der Waals surface area contributed by atoms with Crippen molar-refractivity contribution >= 4 is 58.9 Å². The summed E-state index contributed by atoms with van der Waals surface area (Å²) in [5.74, 6) is 2.60. The fourth-order valence-electron chi connectivity index (χ4n) is 19.1. The third-order valence-corrected chi connectivity index (χ3v) is 26.3. The molecule has 1 heterocycles. The van der Waals surface area contributed by atoms with Crippen LogP contribution in [0.1, 0.15) is 229 Å². The molecule has 6 aliphatic rings. The molecule has 32 nitrogen and oxygen atoms in total. The molecule has 2 fully saturated rings. The number of ether oxygens (including phenoxy) is 10. The molecule has 9 amide bonds. The Bertz CT molecular complexity index is 4090. The zero-order valence-corrected chi connectivity index (χ0v) is 77.5. The predicted octanol–water partition coefficient (Wildman–Crippen LogP) is 7.78. The number of carbonyl (C=O) groups is 9. The summed E-state index contributed by atoms with van der Waals surface area (Å²) in [5, 5.41) is 42.9. The van der Waals surface area contributed by atoms with Crippen molar-refractivity contribution in [2.24, 2.45) is 28.6 Å². The minimum Gasteiger partial charge on any atom is -0.508 e. The molecule has 0 radical (unpaired) electrons. The molecular formula is C95H149N12O20+. The number of unbranched alkanes of at least 4 members (excludes halogenated alkanes) is 1. The van der Waals surface area contributed by atoms with Gasteiger partial charge in [-0.25, -0.2) is 4.68 Å². The number of hydrogen-bond donors (Lipinski definition) is 9. The third-order valence-electron chi connectivity index (χ3n) is 26.3. The lowest BCUT2D eigenvalue weighted by atomic mass is 9.49. The minimum absolute atomic E-state index is 0.0170. The lowest BCUT2D eigenvalue weighted by Crippen LogP contribution is -2.60. The van der Waals surface area contributed by atoms with Crippen LogP contribution in [0.5, 0.6) is 5.75 Å². The van der Waals surface area contributed by atoms with E-state index in [0.717, 1.165) is 136 Å². The van der Waals surface area contributed by atoms with Gasteiger partial charge in [0.2, 0.25) is 53.2 Å². The Morgan fingerprint density at radius 2 is 1.07 bits per heavy atom. The number of imide groups is 1. The molecular weight excluding hydrogens is 1630 g/mol. The normalized spacial score (nSPS) is 22.8. The fourth-order valence-corrected chi connectivity index (χ4v) is 19.1. The average molecular weight is 1780 g/mol. The largest absolute Gasteiger partial charge is 0.508 e. The molecule has 9 N–H and O–H groups in total. The van der Waals surface area contributed by atoms with Crippen LogP contribution in [0, 0.1) is 40.4 Å². The number of amides is 9. The highest BCUT2D eigenvalue weighted by atomic mass is 16.6. The van der Waals surface area contributed by atoms with Crippen LogP contribution in [-0.4, -0.2) is 268 Å². The van der Waals surface area contributed by atoms with E-state index in [9.17, 15) is 48.3 Å². The van der Waals surface area contributed by atoms with Crippen molar-refractivity contribution in [1.82, 2.24) is 52.2 Å². The topological polar surface area (TPSA) is 393 Å². The van der Waals surface area contributed by atoms with Gasteiger partial charge in [-0.2, -0.15) is 0 Å². The second-order valence-corrected chi connectivity index (χ2v) is 37.3. The van der Waals surface area contributed by atoms with Crippen LogP contribution >= 0.6 is 0 Å². The zero-order chi connectivity index (χ0) is 91.3. The number of likely N-dealkylation sites (N-methyl/N-ethyl adjacent to an activating group) is 1. The summed E-state index contributed by atoms with van der Waals surface area (Å²) in [7, 11) is 6.24. The van der Waals surface area contributed by atoms with Crippen molar-refractivity contribution in [3.8, 4) is 17.6 Å². The first kappa shape index (κ1) is 103. The van der Waals surface area contributed by atoms with E-state index in [2.05, 4.69) is 99.7 Å². The van der Waals surface area contributed by atoms with Crippen molar-refractivity contribution < 1.29 is 100 Å². The number of phenols is 1. The van der Waals surface area contributed by atoms with Gasteiger partial charge in [0.1, 0.15) is 55.0 Å². The quantitative estimate of drug-likeness (QED) is 0.0113. The number of rotatable bonds is 54. The van der Waals surface area contributed by atoms with Crippen LogP contribution in [0.4, 0.5) is 5.69 Å². The second kappa shape index (κ2) is 52.1. The van der Waals surface area contributed by atoms with Gasteiger partial charge < -0.3 is 94.2 Å². The number of benzene rings is 2. The van der Waals surface area contributed by atoms with Crippen molar-refractivity contribution in [2.75, 3.05) is 172 Å². The standard InChI is InChI=1S/C95H148N12O20/c1-67(2)85(89(115)99-68(3)87(113)100-71-32-28-69-30-34-79-92(4,74(69)63-71)38-21-40-94(79,6)90(116)103-91(117)95(7)41-22-39-93(5)75-64-72(108)33-29-70(75)31-35-80(93)95)102-88(114)76(101-82(110)37-48-119-52-56-123-59-61-124-57-53-120-49-44-98-83(111)65-126-73-23-15-12-11-13-16-24-73)25-19-20-42-96-84(112)66-127-78-27-18-14-17-26-77-86(78)104-105-106(77)45-50-121-54-58-125-62-60-122-55-51-118-47-36-81(109)97-43-46-107(8,9)10/h28-29,32-33,63-64,67-68,73,76,78-80,85H,11-15,17-23,25-27,30-31,34-62,65-66H2,1-10H3,(H8-,96,97,98,99,100,101,102,103,108,109,110,111,112,113,114,115,116,117)/p+1/t68-,73?,76+,78?,79+,80+,85-,92+,93+,94-,95-/m0/s1. The average Bonchev–Trinajstić information content (AvgIpc) is 1.08. The van der Waals surface area contributed by atoms with Gasteiger partial charge in [0.15, 0.2) is 0 Å². The van der Waals surface area contributed by atoms with E-state index in [4.69, 9.17) is 47.4 Å². The van der Waals surface area contributed by atoms with E-state index in [1.807, 2.05) is 48.9 Å². The summed E-state index contributed by atoms with van der Waals surface area (Å²) in [5.41, 5.74) is 4.18. The Morgan fingerprint density at radius 1 is 0.528 bits per heavy atom. The van der Waals surface area contributed by atoms with Gasteiger partial charge in [0.25, 0.3) is 0 Å². The molecule has 0 bridgehead atoms. The summed E-state index contributed by atoms with van der Waals surface area (Å²) >= 11 is 0. The van der Waals surface area contributed by atoms with Crippen molar-refractivity contribution in [3.05, 3.63) is 70.0 Å². The molecule has 3 aromatic rings. The molecule has 127 heavy (non-hydrogen) atoms. The van der Waals surface area contributed by atoms with Crippen LogP contribution in [0.3, 0.4) is 0 Å². The maximum absolute atomic E-state index is 15.0. The summed E-state index contributed by atoms with van der Waals surface area (Å²) in [6.07, 6.45) is 17.3. The third kappa shape index (κ3) is 31.9. The van der Waals surface area contributed by atoms with Crippen molar-refractivity contribution in [2.45, 2.75) is 257 Å². The van der Waals surface area contributed by atoms with Gasteiger partial charge >= 0.3 is 0 Å². The number of nitrogens with zero attached hydrogens (tertiary/aromatic N) is 4. The number of hydrogen-bond acceptors (Lipinski definition) is 22. The van der Waals surface area contributed by atoms with E-state index in [1.165, 1.54) is 5.56 Å². The van der Waals surface area contributed by atoms with Gasteiger partial charge in [-0.15, -0.1) is 11.0 Å². The lowest BCUT2D eigenvalue weighted by molar-refractivity contribution is -0.869.